The van der Waals surface area contributed by atoms with Crippen LogP contribution in [0.5, 0.6) is 0 Å². The zero-order chi connectivity index (χ0) is 17.5. The van der Waals surface area contributed by atoms with Gasteiger partial charge >= 0.3 is 0 Å². The first-order valence-electron chi connectivity index (χ1n) is 9.17. The summed E-state index contributed by atoms with van der Waals surface area (Å²) in [6.45, 7) is 4.76. The van der Waals surface area contributed by atoms with Crippen LogP contribution in [0.4, 0.5) is 0 Å². The average Bonchev–Trinajstić information content (AvgIpc) is 3.06. The Morgan fingerprint density at radius 3 is 2.68 bits per heavy atom. The minimum atomic E-state index is 0.0401. The van der Waals surface area contributed by atoms with Crippen molar-refractivity contribution in [3.63, 3.8) is 0 Å². The van der Waals surface area contributed by atoms with Crippen molar-refractivity contribution in [2.75, 3.05) is 45.9 Å². The Hall–Kier alpha value is -1.92. The zero-order valence-electron chi connectivity index (χ0n) is 14.7. The minimum absolute atomic E-state index is 0.0401. The van der Waals surface area contributed by atoms with Crippen molar-refractivity contribution in [1.29, 1.82) is 0 Å². The highest BCUT2D eigenvalue weighted by molar-refractivity contribution is 5.94. The molecule has 2 amide bonds. The van der Waals surface area contributed by atoms with Crippen LogP contribution < -0.4 is 5.32 Å². The Morgan fingerprint density at radius 2 is 1.92 bits per heavy atom. The number of rotatable bonds is 5. The highest BCUT2D eigenvalue weighted by atomic mass is 16.5. The maximum absolute atomic E-state index is 12.5. The third-order valence-electron chi connectivity index (χ3n) is 4.81. The van der Waals surface area contributed by atoms with Crippen LogP contribution in [0.3, 0.4) is 0 Å². The van der Waals surface area contributed by atoms with Gasteiger partial charge in [0, 0.05) is 44.9 Å². The lowest BCUT2D eigenvalue weighted by Gasteiger charge is -2.22. The number of hydrogen-bond donors (Lipinski definition) is 1. The predicted octanol–water partition coefficient (Wildman–Crippen LogP) is 1.13. The van der Waals surface area contributed by atoms with Gasteiger partial charge in [-0.2, -0.15) is 0 Å². The normalized spacial score (nSPS) is 21.8. The van der Waals surface area contributed by atoms with Gasteiger partial charge in [-0.05, 0) is 31.4 Å². The highest BCUT2D eigenvalue weighted by Gasteiger charge is 2.22. The van der Waals surface area contributed by atoms with Crippen molar-refractivity contribution in [3.8, 4) is 0 Å². The maximum atomic E-state index is 12.5. The van der Waals surface area contributed by atoms with E-state index in [2.05, 4.69) is 10.2 Å². The van der Waals surface area contributed by atoms with E-state index in [-0.39, 0.29) is 17.9 Å². The topological polar surface area (TPSA) is 61.9 Å². The van der Waals surface area contributed by atoms with E-state index in [1.807, 2.05) is 35.2 Å². The molecule has 0 spiro atoms. The summed E-state index contributed by atoms with van der Waals surface area (Å²) in [5, 5.41) is 2.97. The van der Waals surface area contributed by atoms with E-state index >= 15 is 0 Å². The van der Waals surface area contributed by atoms with E-state index in [1.165, 1.54) is 0 Å². The first-order chi connectivity index (χ1) is 12.2. The fraction of sp³-hybridized carbons (Fsp3) is 0.579. The van der Waals surface area contributed by atoms with E-state index in [1.54, 1.807) is 0 Å². The summed E-state index contributed by atoms with van der Waals surface area (Å²) in [6, 6.07) is 9.38. The van der Waals surface area contributed by atoms with Gasteiger partial charge in [0.1, 0.15) is 0 Å². The number of hydrogen-bond acceptors (Lipinski definition) is 4. The molecule has 2 fully saturated rings. The number of carbonyl (C=O) groups is 2. The first-order valence-corrected chi connectivity index (χ1v) is 9.17. The molecule has 0 radical (unpaired) electrons. The Morgan fingerprint density at radius 1 is 1.08 bits per heavy atom. The predicted molar refractivity (Wildman–Crippen MR) is 95.4 cm³/mol. The number of carbonyl (C=O) groups excluding carboxylic acids is 2. The van der Waals surface area contributed by atoms with Crippen molar-refractivity contribution >= 4 is 11.8 Å². The molecule has 25 heavy (non-hydrogen) atoms. The number of ether oxygens (including phenoxy) is 1. The fourth-order valence-corrected chi connectivity index (χ4v) is 3.39. The van der Waals surface area contributed by atoms with Crippen molar-refractivity contribution in [1.82, 2.24) is 15.1 Å². The molecule has 0 bridgehead atoms. The molecule has 1 N–H and O–H groups in total. The van der Waals surface area contributed by atoms with Crippen LogP contribution in [-0.4, -0.2) is 73.6 Å². The van der Waals surface area contributed by atoms with Crippen molar-refractivity contribution in [2.24, 2.45) is 0 Å². The molecule has 2 aliphatic heterocycles. The maximum Gasteiger partial charge on any atom is 0.253 e. The molecule has 1 aromatic rings. The lowest BCUT2D eigenvalue weighted by atomic mass is 10.2. The first kappa shape index (κ1) is 17.9. The third-order valence-corrected chi connectivity index (χ3v) is 4.81. The number of benzene rings is 1. The summed E-state index contributed by atoms with van der Waals surface area (Å²) in [6.07, 6.45) is 3.17. The molecule has 1 atom stereocenters. The van der Waals surface area contributed by atoms with Gasteiger partial charge in [-0.15, -0.1) is 0 Å². The van der Waals surface area contributed by atoms with E-state index in [4.69, 9.17) is 4.74 Å². The van der Waals surface area contributed by atoms with Gasteiger partial charge in [0.05, 0.1) is 12.6 Å². The van der Waals surface area contributed by atoms with E-state index in [0.717, 1.165) is 51.1 Å². The Balaban J connectivity index is 1.43. The van der Waals surface area contributed by atoms with Crippen molar-refractivity contribution in [3.05, 3.63) is 35.9 Å². The largest absolute Gasteiger partial charge is 0.376 e. The summed E-state index contributed by atoms with van der Waals surface area (Å²) < 4.78 is 5.52. The standard InChI is InChI=1S/C19H27N3O3/c23-18(20-14-17-8-4-13-25-17)15-21-9-5-10-22(12-11-21)19(24)16-6-2-1-3-7-16/h1-3,6-7,17H,4-5,8-15H2,(H,20,23). The van der Waals surface area contributed by atoms with Gasteiger partial charge < -0.3 is 15.0 Å². The van der Waals surface area contributed by atoms with Crippen LogP contribution >= 0.6 is 0 Å². The Bertz CT molecular complexity index is 573. The second kappa shape index (κ2) is 8.97. The van der Waals surface area contributed by atoms with Crippen molar-refractivity contribution < 1.29 is 14.3 Å². The molecule has 2 saturated heterocycles. The summed E-state index contributed by atoms with van der Waals surface area (Å²) in [7, 11) is 0. The Labute approximate surface area is 149 Å². The van der Waals surface area contributed by atoms with E-state index in [0.29, 0.717) is 19.6 Å². The van der Waals surface area contributed by atoms with Crippen LogP contribution in [0, 0.1) is 0 Å². The lowest BCUT2D eigenvalue weighted by Crippen LogP contribution is -2.41. The molecule has 3 rings (SSSR count). The molecule has 6 nitrogen and oxygen atoms in total. The van der Waals surface area contributed by atoms with E-state index in [9.17, 15) is 9.59 Å². The average molecular weight is 345 g/mol. The van der Waals surface area contributed by atoms with Gasteiger partial charge in [-0.1, -0.05) is 18.2 Å². The third kappa shape index (κ3) is 5.28. The van der Waals surface area contributed by atoms with Crippen LogP contribution in [-0.2, 0) is 9.53 Å². The molecule has 0 aliphatic carbocycles. The van der Waals surface area contributed by atoms with Gasteiger partial charge in [0.15, 0.2) is 0 Å². The molecule has 1 aromatic carbocycles. The van der Waals surface area contributed by atoms with Gasteiger partial charge in [0.2, 0.25) is 5.91 Å². The molecule has 1 unspecified atom stereocenters. The second-order valence-electron chi connectivity index (χ2n) is 6.73. The highest BCUT2D eigenvalue weighted by Crippen LogP contribution is 2.11. The van der Waals surface area contributed by atoms with Crippen LogP contribution in [0.1, 0.15) is 29.6 Å². The summed E-state index contributed by atoms with van der Waals surface area (Å²) >= 11 is 0. The molecule has 0 aromatic heterocycles. The van der Waals surface area contributed by atoms with Crippen molar-refractivity contribution in [2.45, 2.75) is 25.4 Å². The van der Waals surface area contributed by atoms with E-state index < -0.39 is 0 Å². The Kier molecular flexibility index (Phi) is 6.42. The lowest BCUT2D eigenvalue weighted by molar-refractivity contribution is -0.122. The monoisotopic (exact) mass is 345 g/mol. The number of nitrogens with zero attached hydrogens (tertiary/aromatic N) is 2. The molecule has 2 aliphatic rings. The van der Waals surface area contributed by atoms with Gasteiger partial charge in [-0.3, -0.25) is 14.5 Å². The number of amides is 2. The molecule has 136 valence electrons. The summed E-state index contributed by atoms with van der Waals surface area (Å²) in [5.41, 5.74) is 0.727. The quantitative estimate of drug-likeness (QED) is 0.869. The molecule has 0 saturated carbocycles. The molecular formula is C19H27N3O3. The number of nitrogens with one attached hydrogen (secondary N) is 1. The smallest absolute Gasteiger partial charge is 0.253 e. The molecular weight excluding hydrogens is 318 g/mol. The summed E-state index contributed by atoms with van der Waals surface area (Å²) in [5.74, 6) is 0.114. The van der Waals surface area contributed by atoms with Crippen LogP contribution in [0.25, 0.3) is 0 Å². The minimum Gasteiger partial charge on any atom is -0.376 e. The molecule has 6 heteroatoms. The van der Waals surface area contributed by atoms with Gasteiger partial charge in [0.25, 0.3) is 5.91 Å². The van der Waals surface area contributed by atoms with Gasteiger partial charge in [-0.25, -0.2) is 0 Å². The molecule has 2 heterocycles. The zero-order valence-corrected chi connectivity index (χ0v) is 14.7. The fourth-order valence-electron chi connectivity index (χ4n) is 3.39. The van der Waals surface area contributed by atoms with Crippen LogP contribution in [0.2, 0.25) is 0 Å². The summed E-state index contributed by atoms with van der Waals surface area (Å²) in [4.78, 5) is 28.7. The van der Waals surface area contributed by atoms with Crippen LogP contribution in [0.15, 0.2) is 30.3 Å². The SMILES string of the molecule is O=C(CN1CCCN(C(=O)c2ccccc2)CC1)NCC1CCCO1. The second-order valence-corrected chi connectivity index (χ2v) is 6.73.